The second-order valence-corrected chi connectivity index (χ2v) is 3.56. The third-order valence-corrected chi connectivity index (χ3v) is 2.45. The van der Waals surface area contributed by atoms with Gasteiger partial charge in [-0.1, -0.05) is 0 Å². The molecule has 1 N–H and O–H groups in total. The van der Waals surface area contributed by atoms with E-state index < -0.39 is 28.6 Å². The fourth-order valence-corrected chi connectivity index (χ4v) is 1.66. The van der Waals surface area contributed by atoms with Crippen LogP contribution >= 0.6 is 0 Å². The molecule has 1 aliphatic heterocycles. The van der Waals surface area contributed by atoms with Gasteiger partial charge in [0.05, 0.1) is 24.3 Å². The van der Waals surface area contributed by atoms with Crippen LogP contribution in [0.3, 0.4) is 0 Å². The molecule has 0 aliphatic carbocycles. The summed E-state index contributed by atoms with van der Waals surface area (Å²) in [5.74, 6) is -1.52. The first-order valence-corrected chi connectivity index (χ1v) is 5.40. The fraction of sp³-hybridized carbons (Fsp3) is 0.600. The molecule has 0 spiro atoms. The van der Waals surface area contributed by atoms with E-state index in [4.69, 9.17) is 0 Å². The van der Waals surface area contributed by atoms with Crippen LogP contribution in [0, 0.1) is 10.1 Å². The zero-order chi connectivity index (χ0) is 13.7. The summed E-state index contributed by atoms with van der Waals surface area (Å²) in [5, 5.41) is 13.5. The molecule has 1 saturated heterocycles. The number of rotatable bonds is 4. The van der Waals surface area contributed by atoms with E-state index in [1.165, 1.54) is 7.11 Å². The van der Waals surface area contributed by atoms with Crippen molar-refractivity contribution >= 4 is 11.9 Å². The van der Waals surface area contributed by atoms with Gasteiger partial charge in [-0.25, -0.2) is 9.59 Å². The first-order chi connectivity index (χ1) is 8.51. The number of esters is 2. The highest BCUT2D eigenvalue weighted by molar-refractivity contribution is 5.87. The van der Waals surface area contributed by atoms with Crippen LogP contribution in [0.2, 0.25) is 0 Å². The molecule has 18 heavy (non-hydrogen) atoms. The van der Waals surface area contributed by atoms with Gasteiger partial charge in [0, 0.05) is 0 Å². The van der Waals surface area contributed by atoms with Crippen LogP contribution in [0.4, 0.5) is 0 Å². The Morgan fingerprint density at radius 1 is 1.56 bits per heavy atom. The summed E-state index contributed by atoms with van der Waals surface area (Å²) in [6, 6.07) is -0.658. The molecule has 0 aromatic rings. The Balaban J connectivity index is 2.92. The van der Waals surface area contributed by atoms with E-state index in [-0.39, 0.29) is 18.7 Å². The molecule has 1 fully saturated rings. The van der Waals surface area contributed by atoms with Crippen molar-refractivity contribution in [1.82, 2.24) is 5.32 Å². The summed E-state index contributed by atoms with van der Waals surface area (Å²) in [6.07, 6.45) is 0.577. The highest BCUT2D eigenvalue weighted by Crippen LogP contribution is 2.21. The fourth-order valence-electron chi connectivity index (χ4n) is 1.66. The number of hydrogen-bond donors (Lipinski definition) is 1. The summed E-state index contributed by atoms with van der Waals surface area (Å²) in [5.41, 5.74) is -0.544. The van der Waals surface area contributed by atoms with E-state index >= 15 is 0 Å². The Hall–Kier alpha value is -2.12. The minimum Gasteiger partial charge on any atom is -0.467 e. The van der Waals surface area contributed by atoms with Gasteiger partial charge >= 0.3 is 17.6 Å². The van der Waals surface area contributed by atoms with Gasteiger partial charge in [0.2, 0.25) is 0 Å². The summed E-state index contributed by atoms with van der Waals surface area (Å²) in [6.45, 7) is 1.60. The third-order valence-electron chi connectivity index (χ3n) is 2.45. The highest BCUT2D eigenvalue weighted by atomic mass is 16.6. The molecule has 100 valence electrons. The maximum absolute atomic E-state index is 11.4. The molecule has 0 radical (unpaired) electrons. The summed E-state index contributed by atoms with van der Waals surface area (Å²) in [4.78, 5) is 32.7. The van der Waals surface area contributed by atoms with E-state index in [2.05, 4.69) is 14.8 Å². The van der Waals surface area contributed by atoms with Gasteiger partial charge in [-0.15, -0.1) is 0 Å². The number of hydrogen-bond acceptors (Lipinski definition) is 7. The lowest BCUT2D eigenvalue weighted by Crippen LogP contribution is -2.32. The Kier molecular flexibility index (Phi) is 4.64. The number of methoxy groups -OCH3 is 1. The van der Waals surface area contributed by atoms with E-state index in [0.717, 1.165) is 0 Å². The average molecular weight is 258 g/mol. The molecule has 8 nitrogen and oxygen atoms in total. The molecule has 1 heterocycles. The van der Waals surface area contributed by atoms with Crippen molar-refractivity contribution in [2.24, 2.45) is 0 Å². The molecular formula is C10H14N2O6. The molecule has 0 saturated carbocycles. The lowest BCUT2D eigenvalue weighted by atomic mass is 10.2. The zero-order valence-corrected chi connectivity index (χ0v) is 10.1. The molecule has 0 amide bonds. The van der Waals surface area contributed by atoms with Crippen molar-refractivity contribution in [1.29, 1.82) is 0 Å². The first-order valence-electron chi connectivity index (χ1n) is 5.40. The molecule has 0 bridgehead atoms. The molecule has 1 aliphatic rings. The van der Waals surface area contributed by atoms with Crippen LogP contribution in [-0.2, 0) is 19.1 Å². The second-order valence-electron chi connectivity index (χ2n) is 3.56. The van der Waals surface area contributed by atoms with Crippen molar-refractivity contribution in [3.05, 3.63) is 21.5 Å². The summed E-state index contributed by atoms with van der Waals surface area (Å²) >= 11 is 0. The molecular weight excluding hydrogens is 244 g/mol. The smallest absolute Gasteiger partial charge is 0.411 e. The lowest BCUT2D eigenvalue weighted by molar-refractivity contribution is -0.422. The van der Waals surface area contributed by atoms with Gasteiger partial charge in [-0.3, -0.25) is 10.1 Å². The molecule has 1 atom stereocenters. The van der Waals surface area contributed by atoms with Crippen LogP contribution in [0.1, 0.15) is 19.8 Å². The number of nitrogens with one attached hydrogen (secondary N) is 1. The minimum absolute atomic E-state index is 0.0455. The summed E-state index contributed by atoms with van der Waals surface area (Å²) < 4.78 is 9.13. The van der Waals surface area contributed by atoms with Gasteiger partial charge in [0.25, 0.3) is 0 Å². The third kappa shape index (κ3) is 2.96. The molecule has 8 heteroatoms. The van der Waals surface area contributed by atoms with Crippen LogP contribution < -0.4 is 5.32 Å². The Morgan fingerprint density at radius 3 is 2.72 bits per heavy atom. The minimum atomic E-state index is -1.00. The number of ether oxygens (including phenoxy) is 2. The van der Waals surface area contributed by atoms with Gasteiger partial charge in [-0.05, 0) is 19.8 Å². The Bertz CT molecular complexity index is 403. The van der Waals surface area contributed by atoms with E-state index in [9.17, 15) is 19.7 Å². The highest BCUT2D eigenvalue weighted by Gasteiger charge is 2.36. The Labute approximate surface area is 103 Å². The van der Waals surface area contributed by atoms with Crippen LogP contribution in [0.5, 0.6) is 0 Å². The lowest BCUT2D eigenvalue weighted by Gasteiger charge is -2.08. The van der Waals surface area contributed by atoms with Crippen molar-refractivity contribution in [3.63, 3.8) is 0 Å². The number of carbonyl (C=O) groups is 2. The predicted octanol–water partition coefficient (Wildman–Crippen LogP) is -0.0372. The topological polar surface area (TPSA) is 108 Å². The van der Waals surface area contributed by atoms with Crippen LogP contribution in [0.15, 0.2) is 11.4 Å². The number of allylic oxidation sites excluding steroid dienone is 1. The van der Waals surface area contributed by atoms with E-state index in [1.54, 1.807) is 6.92 Å². The van der Waals surface area contributed by atoms with Crippen molar-refractivity contribution in [3.8, 4) is 0 Å². The van der Waals surface area contributed by atoms with Gasteiger partial charge in [0.15, 0.2) is 0 Å². The van der Waals surface area contributed by atoms with Crippen molar-refractivity contribution in [2.75, 3.05) is 13.7 Å². The zero-order valence-electron chi connectivity index (χ0n) is 10.1. The van der Waals surface area contributed by atoms with Crippen LogP contribution in [0.25, 0.3) is 0 Å². The van der Waals surface area contributed by atoms with Crippen molar-refractivity contribution < 1.29 is 24.0 Å². The van der Waals surface area contributed by atoms with Crippen LogP contribution in [-0.4, -0.2) is 36.6 Å². The molecule has 1 rings (SSSR count). The molecule has 0 aromatic heterocycles. The maximum Gasteiger partial charge on any atom is 0.411 e. The van der Waals surface area contributed by atoms with E-state index in [1.807, 2.05) is 0 Å². The number of carbonyl (C=O) groups excluding carboxylic acids is 2. The number of nitrogens with zero attached hydrogens (tertiary/aromatic N) is 1. The predicted molar refractivity (Wildman–Crippen MR) is 58.8 cm³/mol. The average Bonchev–Trinajstić information content (AvgIpc) is 2.77. The monoisotopic (exact) mass is 258 g/mol. The standard InChI is InChI=1S/C10H14N2O6/c1-3-18-10(14)8(12(15)16)6-4-5-7(11-6)9(13)17-2/h7,11H,3-5H2,1-2H3/b8-6+. The number of nitro groups is 1. The first kappa shape index (κ1) is 13.9. The molecule has 1 unspecified atom stereocenters. The quantitative estimate of drug-likeness (QED) is 0.326. The normalized spacial score (nSPS) is 20.9. The SMILES string of the molecule is CCOC(=O)/C(=C1/CCC(C(=O)OC)N1)[N+](=O)[O-]. The second kappa shape index (κ2) is 5.99. The maximum atomic E-state index is 11.4. The van der Waals surface area contributed by atoms with Gasteiger partial charge < -0.3 is 14.8 Å². The largest absolute Gasteiger partial charge is 0.467 e. The molecule has 0 aromatic carbocycles. The summed E-state index contributed by atoms with van der Waals surface area (Å²) in [7, 11) is 1.23. The van der Waals surface area contributed by atoms with Crippen molar-refractivity contribution in [2.45, 2.75) is 25.8 Å². The van der Waals surface area contributed by atoms with E-state index in [0.29, 0.717) is 6.42 Å². The van der Waals surface area contributed by atoms with Gasteiger partial charge in [-0.2, -0.15) is 0 Å². The van der Waals surface area contributed by atoms with Gasteiger partial charge in [0.1, 0.15) is 6.04 Å². The Morgan fingerprint density at radius 2 is 2.22 bits per heavy atom.